The highest BCUT2D eigenvalue weighted by Crippen LogP contribution is 2.40. The number of fused-ring (bicyclic) bond motifs is 9. The van der Waals surface area contributed by atoms with E-state index in [0.717, 1.165) is 44.4 Å². The first-order valence-corrected chi connectivity index (χ1v) is 12.9. The molecule has 0 aliphatic heterocycles. The zero-order valence-corrected chi connectivity index (χ0v) is 20.6. The van der Waals surface area contributed by atoms with Crippen molar-refractivity contribution < 1.29 is 4.42 Å². The zero-order chi connectivity index (χ0) is 25.1. The number of hydrogen-bond acceptors (Lipinski definition) is 2. The summed E-state index contributed by atoms with van der Waals surface area (Å²) in [5.41, 5.74) is 6.04. The largest absolute Gasteiger partial charge is 0.453 e. The summed E-state index contributed by atoms with van der Waals surface area (Å²) in [7, 11) is 0. The third kappa shape index (κ3) is 3.14. The molecule has 1 heterocycles. The van der Waals surface area contributed by atoms with Crippen molar-refractivity contribution in [1.82, 2.24) is 0 Å². The summed E-state index contributed by atoms with van der Waals surface area (Å²) in [4.78, 5) is 0. The second-order valence-corrected chi connectivity index (χ2v) is 9.81. The van der Waals surface area contributed by atoms with Crippen LogP contribution < -0.4 is 5.32 Å². The first-order valence-electron chi connectivity index (χ1n) is 12.9. The second kappa shape index (κ2) is 8.22. The molecule has 0 atom stereocenters. The molecule has 2 heteroatoms. The van der Waals surface area contributed by atoms with Crippen LogP contribution in [0.15, 0.2) is 138 Å². The van der Waals surface area contributed by atoms with Gasteiger partial charge in [0, 0.05) is 22.0 Å². The molecule has 2 nitrogen and oxygen atoms in total. The Morgan fingerprint density at radius 3 is 1.66 bits per heavy atom. The monoisotopic (exact) mass is 485 g/mol. The van der Waals surface area contributed by atoms with Gasteiger partial charge in [0.2, 0.25) is 0 Å². The summed E-state index contributed by atoms with van der Waals surface area (Å²) >= 11 is 0. The Morgan fingerprint density at radius 2 is 0.947 bits per heavy atom. The van der Waals surface area contributed by atoms with Crippen LogP contribution in [0, 0.1) is 0 Å². The van der Waals surface area contributed by atoms with Crippen LogP contribution >= 0.6 is 0 Å². The molecule has 38 heavy (non-hydrogen) atoms. The molecular weight excluding hydrogens is 462 g/mol. The zero-order valence-electron chi connectivity index (χ0n) is 20.6. The van der Waals surface area contributed by atoms with Crippen molar-refractivity contribution in [2.45, 2.75) is 0 Å². The molecule has 0 radical (unpaired) electrons. The van der Waals surface area contributed by atoms with E-state index < -0.39 is 0 Å². The lowest BCUT2D eigenvalue weighted by Gasteiger charge is -2.13. The number of furan rings is 1. The van der Waals surface area contributed by atoms with Crippen molar-refractivity contribution in [3.8, 4) is 11.1 Å². The van der Waals surface area contributed by atoms with Gasteiger partial charge in [-0.2, -0.15) is 0 Å². The molecule has 0 aliphatic carbocycles. The average Bonchev–Trinajstić information content (AvgIpc) is 3.38. The van der Waals surface area contributed by atoms with E-state index in [4.69, 9.17) is 4.42 Å². The summed E-state index contributed by atoms with van der Waals surface area (Å²) in [6, 6.07) is 47.2. The van der Waals surface area contributed by atoms with Crippen LogP contribution in [-0.4, -0.2) is 0 Å². The van der Waals surface area contributed by atoms with E-state index in [-0.39, 0.29) is 0 Å². The number of para-hydroxylation sites is 2. The molecule has 0 fully saturated rings. The van der Waals surface area contributed by atoms with Gasteiger partial charge in [-0.05, 0) is 56.1 Å². The van der Waals surface area contributed by atoms with Gasteiger partial charge in [0.25, 0.3) is 0 Å². The molecular formula is C36H23NO. The molecule has 0 saturated carbocycles. The Bertz CT molecular complexity index is 2120. The summed E-state index contributed by atoms with van der Waals surface area (Å²) in [6.07, 6.45) is 0. The van der Waals surface area contributed by atoms with Crippen LogP contribution in [0.2, 0.25) is 0 Å². The molecule has 0 bridgehead atoms. The number of anilines is 2. The second-order valence-electron chi connectivity index (χ2n) is 9.81. The third-order valence-electron chi connectivity index (χ3n) is 7.63. The lowest BCUT2D eigenvalue weighted by Crippen LogP contribution is -1.91. The van der Waals surface area contributed by atoms with Crippen molar-refractivity contribution in [3.63, 3.8) is 0 Å². The molecule has 178 valence electrons. The highest BCUT2D eigenvalue weighted by Gasteiger charge is 2.15. The Hall–Kier alpha value is -5.08. The van der Waals surface area contributed by atoms with Gasteiger partial charge in [-0.25, -0.2) is 0 Å². The minimum Gasteiger partial charge on any atom is -0.453 e. The maximum atomic E-state index is 6.59. The third-order valence-corrected chi connectivity index (χ3v) is 7.63. The fraction of sp³-hybridized carbons (Fsp3) is 0. The smallest absolute Gasteiger partial charge is 0.158 e. The highest BCUT2D eigenvalue weighted by molar-refractivity contribution is 6.25. The quantitative estimate of drug-likeness (QED) is 0.252. The standard InChI is InChI=1S/C36H23NO/c1-2-10-23(11-3-1)25-16-8-17-31-32-18-9-19-34(36(32)38-35(25)31)37-24-20-21-30-28-14-5-4-12-26(28)27-13-6-7-15-29(27)33(30)22-24/h1-22,37H. The Balaban J connectivity index is 1.31. The highest BCUT2D eigenvalue weighted by atomic mass is 16.3. The summed E-state index contributed by atoms with van der Waals surface area (Å²) < 4.78 is 6.59. The number of rotatable bonds is 3. The van der Waals surface area contributed by atoms with Crippen LogP contribution in [-0.2, 0) is 0 Å². The predicted octanol–water partition coefficient (Wildman–Crippen LogP) is 10.5. The maximum Gasteiger partial charge on any atom is 0.158 e. The van der Waals surface area contributed by atoms with E-state index in [0.29, 0.717) is 0 Å². The molecule has 0 spiro atoms. The lowest BCUT2D eigenvalue weighted by molar-refractivity contribution is 0.671. The molecule has 0 saturated heterocycles. The van der Waals surface area contributed by atoms with Gasteiger partial charge in [-0.1, -0.05) is 115 Å². The first-order chi connectivity index (χ1) is 18.8. The van der Waals surface area contributed by atoms with Crippen LogP contribution in [0.5, 0.6) is 0 Å². The number of hydrogen-bond donors (Lipinski definition) is 1. The molecule has 0 amide bonds. The van der Waals surface area contributed by atoms with Gasteiger partial charge >= 0.3 is 0 Å². The topological polar surface area (TPSA) is 25.2 Å². The molecule has 8 rings (SSSR count). The fourth-order valence-electron chi connectivity index (χ4n) is 5.90. The van der Waals surface area contributed by atoms with Crippen molar-refractivity contribution in [1.29, 1.82) is 0 Å². The summed E-state index contributed by atoms with van der Waals surface area (Å²) in [5.74, 6) is 0. The minimum absolute atomic E-state index is 0.870. The van der Waals surface area contributed by atoms with Crippen molar-refractivity contribution in [2.75, 3.05) is 5.32 Å². The lowest BCUT2D eigenvalue weighted by atomic mass is 9.94. The Morgan fingerprint density at radius 1 is 0.395 bits per heavy atom. The van der Waals surface area contributed by atoms with E-state index in [1.165, 1.54) is 32.3 Å². The van der Waals surface area contributed by atoms with Crippen LogP contribution in [0.4, 0.5) is 11.4 Å². The Kier molecular flexibility index (Phi) is 4.55. The summed E-state index contributed by atoms with van der Waals surface area (Å²) in [5, 5.41) is 13.5. The first kappa shape index (κ1) is 21.0. The van der Waals surface area contributed by atoms with Crippen molar-refractivity contribution >= 4 is 65.6 Å². The number of benzene rings is 7. The van der Waals surface area contributed by atoms with Crippen molar-refractivity contribution in [3.05, 3.63) is 133 Å². The minimum atomic E-state index is 0.870. The van der Waals surface area contributed by atoms with Crippen LogP contribution in [0.1, 0.15) is 0 Å². The fourth-order valence-corrected chi connectivity index (χ4v) is 5.90. The normalized spacial score (nSPS) is 11.7. The van der Waals surface area contributed by atoms with Gasteiger partial charge in [-0.15, -0.1) is 0 Å². The molecule has 0 aliphatic rings. The van der Waals surface area contributed by atoms with Gasteiger partial charge in [0.05, 0.1) is 5.69 Å². The molecule has 8 aromatic rings. The van der Waals surface area contributed by atoms with E-state index >= 15 is 0 Å². The van der Waals surface area contributed by atoms with Crippen LogP contribution in [0.3, 0.4) is 0 Å². The van der Waals surface area contributed by atoms with E-state index in [2.05, 4.69) is 133 Å². The van der Waals surface area contributed by atoms with Crippen LogP contribution in [0.25, 0.3) is 65.4 Å². The van der Waals surface area contributed by atoms with E-state index in [9.17, 15) is 0 Å². The van der Waals surface area contributed by atoms with Gasteiger partial charge < -0.3 is 9.73 Å². The molecule has 1 aromatic heterocycles. The van der Waals surface area contributed by atoms with Gasteiger partial charge in [0.15, 0.2) is 5.58 Å². The Labute approximate surface area is 219 Å². The van der Waals surface area contributed by atoms with E-state index in [1.807, 2.05) is 6.07 Å². The molecule has 0 unspecified atom stereocenters. The maximum absolute atomic E-state index is 6.59. The van der Waals surface area contributed by atoms with Crippen molar-refractivity contribution in [2.24, 2.45) is 0 Å². The summed E-state index contributed by atoms with van der Waals surface area (Å²) in [6.45, 7) is 0. The van der Waals surface area contributed by atoms with Gasteiger partial charge in [-0.3, -0.25) is 0 Å². The SMILES string of the molecule is c1ccc(-c2cccc3c2oc2c(Nc4ccc5c6ccccc6c6ccccc6c5c4)cccc23)cc1. The number of nitrogens with one attached hydrogen (secondary N) is 1. The average molecular weight is 486 g/mol. The molecule has 7 aromatic carbocycles. The van der Waals surface area contributed by atoms with Gasteiger partial charge in [0.1, 0.15) is 5.58 Å². The molecule has 1 N–H and O–H groups in total. The predicted molar refractivity (Wildman–Crippen MR) is 161 cm³/mol. The van der Waals surface area contributed by atoms with E-state index in [1.54, 1.807) is 0 Å².